The summed E-state index contributed by atoms with van der Waals surface area (Å²) in [5.41, 5.74) is 7.30. The van der Waals surface area contributed by atoms with Crippen molar-refractivity contribution < 1.29 is 29.6 Å². The summed E-state index contributed by atoms with van der Waals surface area (Å²) < 4.78 is 12.3. The Bertz CT molecular complexity index is 1410. The number of aromatic amines is 2. The Morgan fingerprint density at radius 2 is 2.09 bits per heavy atom. The van der Waals surface area contributed by atoms with Crippen molar-refractivity contribution in [3.8, 4) is 5.75 Å². The zero-order chi connectivity index (χ0) is 24.0. The number of carbonyl (C=O) groups is 1. The molecule has 0 amide bonds. The van der Waals surface area contributed by atoms with Gasteiger partial charge >= 0.3 is 5.97 Å². The molecule has 1 saturated heterocycles. The Balaban J connectivity index is 1.23. The second-order valence-corrected chi connectivity index (χ2v) is 8.09. The Morgan fingerprint density at radius 1 is 1.26 bits per heavy atom. The molecule has 1 aliphatic heterocycles. The highest BCUT2D eigenvalue weighted by Gasteiger charge is 2.45. The predicted molar refractivity (Wildman–Crippen MR) is 117 cm³/mol. The Hall–Kier alpha value is -3.78. The number of nitrogens with two attached hydrogens (primary N) is 1. The number of aromatic hydroxyl groups is 1. The molecule has 34 heavy (non-hydrogen) atoms. The minimum absolute atomic E-state index is 0.0549. The number of benzene rings is 1. The van der Waals surface area contributed by atoms with Gasteiger partial charge < -0.3 is 40.5 Å². The zero-order valence-corrected chi connectivity index (χ0v) is 17.7. The molecule has 1 aliphatic rings. The lowest BCUT2D eigenvalue weighted by Gasteiger charge is -2.17. The minimum atomic E-state index is -1.38. The van der Waals surface area contributed by atoms with E-state index in [1.807, 2.05) is 0 Å². The predicted octanol–water partition coefficient (Wildman–Crippen LogP) is -0.961. The highest BCUT2D eigenvalue weighted by atomic mass is 16.6. The molecular formula is C21H22N6O7. The molecule has 7 N–H and O–H groups in total. The summed E-state index contributed by atoms with van der Waals surface area (Å²) in [6.45, 7) is -0.351. The first-order valence-corrected chi connectivity index (χ1v) is 10.5. The van der Waals surface area contributed by atoms with Gasteiger partial charge in [-0.1, -0.05) is 0 Å². The first-order chi connectivity index (χ1) is 16.3. The summed E-state index contributed by atoms with van der Waals surface area (Å²) in [5.74, 6) is -0.625. The number of aliphatic hydroxyl groups is 2. The van der Waals surface area contributed by atoms with E-state index in [2.05, 4.69) is 19.9 Å². The number of hydrogen-bond acceptors (Lipinski definition) is 10. The zero-order valence-electron chi connectivity index (χ0n) is 17.7. The average molecular weight is 470 g/mol. The Morgan fingerprint density at radius 3 is 2.91 bits per heavy atom. The van der Waals surface area contributed by atoms with E-state index in [0.717, 1.165) is 16.5 Å². The molecule has 4 heterocycles. The van der Waals surface area contributed by atoms with Gasteiger partial charge in [-0.05, 0) is 23.8 Å². The Labute approximate surface area is 190 Å². The van der Waals surface area contributed by atoms with Gasteiger partial charge in [-0.2, -0.15) is 0 Å². The number of phenols is 1. The van der Waals surface area contributed by atoms with E-state index in [1.54, 1.807) is 24.4 Å². The van der Waals surface area contributed by atoms with Crippen LogP contribution in [-0.4, -0.2) is 76.8 Å². The quantitative estimate of drug-likeness (QED) is 0.191. The van der Waals surface area contributed by atoms with Gasteiger partial charge in [0, 0.05) is 23.5 Å². The molecule has 0 saturated carbocycles. The maximum Gasteiger partial charge on any atom is 0.323 e. The Kier molecular flexibility index (Phi) is 5.53. The van der Waals surface area contributed by atoms with E-state index in [4.69, 9.17) is 15.2 Å². The van der Waals surface area contributed by atoms with Gasteiger partial charge in [0.1, 0.15) is 36.7 Å². The molecule has 3 aromatic heterocycles. The lowest BCUT2D eigenvalue weighted by molar-refractivity contribution is -0.151. The smallest absolute Gasteiger partial charge is 0.323 e. The maximum atomic E-state index is 12.5. The van der Waals surface area contributed by atoms with E-state index in [9.17, 15) is 24.9 Å². The second-order valence-electron chi connectivity index (χ2n) is 8.09. The van der Waals surface area contributed by atoms with Gasteiger partial charge in [-0.25, -0.2) is 9.97 Å². The molecule has 13 heteroatoms. The summed E-state index contributed by atoms with van der Waals surface area (Å²) in [4.78, 5) is 37.8. The van der Waals surface area contributed by atoms with Crippen LogP contribution in [0.15, 0.2) is 41.8 Å². The van der Waals surface area contributed by atoms with Crippen LogP contribution in [0.2, 0.25) is 0 Å². The fourth-order valence-electron chi connectivity index (χ4n) is 4.07. The third-order valence-electron chi connectivity index (χ3n) is 5.86. The highest BCUT2D eigenvalue weighted by Crippen LogP contribution is 2.31. The van der Waals surface area contributed by atoms with Gasteiger partial charge in [0.2, 0.25) is 0 Å². The SMILES string of the molecule is N[C@@H](Cc1c[nH]c2ccc(O)cc12)C(=O)OC[C@H]1O[C@@H](n2cnc3c(=O)[nH]cnc32)[C@H](O)[C@@H]1O. The third kappa shape index (κ3) is 3.80. The molecule has 178 valence electrons. The number of carbonyl (C=O) groups excluding carboxylic acids is 1. The van der Waals surface area contributed by atoms with Crippen molar-refractivity contribution in [1.29, 1.82) is 0 Å². The number of imidazole rings is 1. The summed E-state index contributed by atoms with van der Waals surface area (Å²) in [6.07, 6.45) is -0.557. The van der Waals surface area contributed by atoms with E-state index >= 15 is 0 Å². The molecule has 1 fully saturated rings. The van der Waals surface area contributed by atoms with Crippen molar-refractivity contribution in [3.05, 3.63) is 53.0 Å². The van der Waals surface area contributed by atoms with Crippen LogP contribution >= 0.6 is 0 Å². The number of hydrogen-bond donors (Lipinski definition) is 6. The molecule has 0 spiro atoms. The number of H-pyrrole nitrogens is 2. The maximum absolute atomic E-state index is 12.5. The monoisotopic (exact) mass is 470 g/mol. The van der Waals surface area contributed by atoms with Gasteiger partial charge in [-0.3, -0.25) is 14.2 Å². The molecular weight excluding hydrogens is 448 g/mol. The number of ether oxygens (including phenoxy) is 2. The number of aromatic nitrogens is 5. The molecule has 13 nitrogen and oxygen atoms in total. The molecule has 5 atom stereocenters. The number of nitrogens with zero attached hydrogens (tertiary/aromatic N) is 3. The second kappa shape index (κ2) is 8.53. The summed E-state index contributed by atoms with van der Waals surface area (Å²) in [7, 11) is 0. The summed E-state index contributed by atoms with van der Waals surface area (Å²) in [6, 6.07) is 3.83. The fraction of sp³-hybridized carbons (Fsp3) is 0.333. The summed E-state index contributed by atoms with van der Waals surface area (Å²) in [5, 5.41) is 31.3. The highest BCUT2D eigenvalue weighted by molar-refractivity contribution is 5.85. The van der Waals surface area contributed by atoms with E-state index in [0.29, 0.717) is 0 Å². The number of rotatable bonds is 6. The van der Waals surface area contributed by atoms with Crippen LogP contribution in [0, 0.1) is 0 Å². The molecule has 5 rings (SSSR count). The van der Waals surface area contributed by atoms with E-state index in [-0.39, 0.29) is 29.9 Å². The molecule has 0 unspecified atom stereocenters. The van der Waals surface area contributed by atoms with Gasteiger partial charge in [0.25, 0.3) is 5.56 Å². The van der Waals surface area contributed by atoms with Crippen molar-refractivity contribution in [2.45, 2.75) is 37.0 Å². The number of nitrogens with one attached hydrogen (secondary N) is 2. The molecule has 0 radical (unpaired) electrons. The number of esters is 1. The van der Waals surface area contributed by atoms with Crippen LogP contribution in [0.1, 0.15) is 11.8 Å². The van der Waals surface area contributed by atoms with Gasteiger partial charge in [-0.15, -0.1) is 0 Å². The van der Waals surface area contributed by atoms with Gasteiger partial charge in [0.05, 0.1) is 12.7 Å². The lowest BCUT2D eigenvalue weighted by atomic mass is 10.1. The standard InChI is InChI=1S/C21H22N6O7/c22-12(3-9-5-23-13-2-1-10(28)4-11(9)13)21(32)33-6-14-16(29)17(30)20(34-14)27-8-26-15-18(27)24-7-25-19(15)31/h1-2,4-5,7-8,12,14,16-17,20,23,28-30H,3,6,22H2,(H,24,25,31)/t12-,14+,16+,17+,20+/m0/s1. The first kappa shape index (κ1) is 22.0. The van der Waals surface area contributed by atoms with Crippen molar-refractivity contribution in [3.63, 3.8) is 0 Å². The normalized spacial score (nSPS) is 23.5. The van der Waals surface area contributed by atoms with E-state index < -0.39 is 42.1 Å². The fourth-order valence-corrected chi connectivity index (χ4v) is 4.07. The van der Waals surface area contributed by atoms with Crippen LogP contribution in [-0.2, 0) is 20.7 Å². The van der Waals surface area contributed by atoms with Crippen molar-refractivity contribution >= 4 is 28.0 Å². The van der Waals surface area contributed by atoms with Crippen molar-refractivity contribution in [2.24, 2.45) is 5.73 Å². The lowest BCUT2D eigenvalue weighted by Crippen LogP contribution is -2.38. The van der Waals surface area contributed by atoms with Crippen molar-refractivity contribution in [2.75, 3.05) is 6.61 Å². The number of fused-ring (bicyclic) bond motifs is 2. The molecule has 0 aliphatic carbocycles. The largest absolute Gasteiger partial charge is 0.508 e. The minimum Gasteiger partial charge on any atom is -0.508 e. The summed E-state index contributed by atoms with van der Waals surface area (Å²) >= 11 is 0. The van der Waals surface area contributed by atoms with E-state index in [1.165, 1.54) is 17.2 Å². The van der Waals surface area contributed by atoms with Crippen LogP contribution in [0.3, 0.4) is 0 Å². The third-order valence-corrected chi connectivity index (χ3v) is 5.86. The number of phenolic OH excluding ortho intramolecular Hbond substituents is 1. The molecule has 1 aromatic carbocycles. The topological polar surface area (TPSA) is 202 Å². The molecule has 4 aromatic rings. The number of aliphatic hydroxyl groups excluding tert-OH is 2. The van der Waals surface area contributed by atoms with Crippen LogP contribution in [0.5, 0.6) is 5.75 Å². The van der Waals surface area contributed by atoms with Gasteiger partial charge in [0.15, 0.2) is 17.4 Å². The molecule has 0 bridgehead atoms. The van der Waals surface area contributed by atoms with Crippen LogP contribution in [0.25, 0.3) is 22.1 Å². The van der Waals surface area contributed by atoms with Crippen LogP contribution in [0.4, 0.5) is 0 Å². The van der Waals surface area contributed by atoms with Crippen LogP contribution < -0.4 is 11.3 Å². The first-order valence-electron chi connectivity index (χ1n) is 10.5. The average Bonchev–Trinajstić information content (AvgIpc) is 3.50. The van der Waals surface area contributed by atoms with Crippen molar-refractivity contribution in [1.82, 2.24) is 24.5 Å².